The summed E-state index contributed by atoms with van der Waals surface area (Å²) in [5.74, 6) is 1.75. The highest BCUT2D eigenvalue weighted by Crippen LogP contribution is 2.43. The SMILES string of the molecule is C=C1C[C@H](CCCO)O[C@H]1CC[C@H]1C[C@@H](C)C(=C)[C@@H](C[C@@H]2O[C@H](C[C@H](C)CO[Si](C)(C)C(C)(C)C)[C@H](C)[C@H]2Cc2ccccc2)O1. The van der Waals surface area contributed by atoms with Crippen LogP contribution in [0, 0.1) is 23.7 Å². The molecule has 0 amide bonds. The van der Waals surface area contributed by atoms with Crippen molar-refractivity contribution in [3.05, 3.63) is 60.2 Å². The molecule has 1 aromatic carbocycles. The number of aliphatic hydroxyl groups excluding tert-OH is 1. The van der Waals surface area contributed by atoms with Crippen molar-refractivity contribution in [1.29, 1.82) is 0 Å². The van der Waals surface area contributed by atoms with E-state index in [-0.39, 0.29) is 48.3 Å². The van der Waals surface area contributed by atoms with Crippen molar-refractivity contribution < 1.29 is 23.7 Å². The molecule has 0 aromatic heterocycles. The van der Waals surface area contributed by atoms with E-state index in [0.29, 0.717) is 23.7 Å². The minimum Gasteiger partial charge on any atom is -0.417 e. The van der Waals surface area contributed by atoms with Gasteiger partial charge in [-0.25, -0.2) is 0 Å². The summed E-state index contributed by atoms with van der Waals surface area (Å²) in [6.45, 7) is 28.6. The van der Waals surface area contributed by atoms with Gasteiger partial charge >= 0.3 is 0 Å². The lowest BCUT2D eigenvalue weighted by atomic mass is 9.78. The van der Waals surface area contributed by atoms with Crippen LogP contribution in [0.25, 0.3) is 0 Å². The number of benzene rings is 1. The zero-order chi connectivity index (χ0) is 33.6. The largest absolute Gasteiger partial charge is 0.417 e. The Labute approximate surface area is 282 Å². The fourth-order valence-corrected chi connectivity index (χ4v) is 8.67. The second kappa shape index (κ2) is 16.4. The molecule has 4 rings (SSSR count). The molecule has 46 heavy (non-hydrogen) atoms. The van der Waals surface area contributed by atoms with Crippen LogP contribution in [-0.2, 0) is 25.1 Å². The Morgan fingerprint density at radius 3 is 2.33 bits per heavy atom. The van der Waals surface area contributed by atoms with Gasteiger partial charge < -0.3 is 23.7 Å². The van der Waals surface area contributed by atoms with E-state index in [1.807, 2.05) is 0 Å². The highest BCUT2D eigenvalue weighted by atomic mass is 28.4. The van der Waals surface area contributed by atoms with Crippen molar-refractivity contribution in [3.8, 4) is 0 Å². The first-order valence-corrected chi connectivity index (χ1v) is 21.2. The quantitative estimate of drug-likeness (QED) is 0.151. The van der Waals surface area contributed by atoms with Gasteiger partial charge in [-0.05, 0) is 110 Å². The molecule has 0 saturated carbocycles. The van der Waals surface area contributed by atoms with Crippen LogP contribution in [0.4, 0.5) is 0 Å². The number of ether oxygens (including phenoxy) is 3. The van der Waals surface area contributed by atoms with Crippen molar-refractivity contribution in [2.24, 2.45) is 23.7 Å². The average Bonchev–Trinajstić information content (AvgIpc) is 3.49. The number of hydrogen-bond acceptors (Lipinski definition) is 5. The van der Waals surface area contributed by atoms with Crippen molar-refractivity contribution in [3.63, 3.8) is 0 Å². The Balaban J connectivity index is 1.39. The molecule has 0 aliphatic carbocycles. The van der Waals surface area contributed by atoms with Crippen LogP contribution < -0.4 is 0 Å². The summed E-state index contributed by atoms with van der Waals surface area (Å²) in [5, 5.41) is 9.44. The van der Waals surface area contributed by atoms with Gasteiger partial charge in [0.25, 0.3) is 0 Å². The molecule has 5 nitrogen and oxygen atoms in total. The molecule has 1 aromatic rings. The second-order valence-corrected chi connectivity index (χ2v) is 21.4. The highest BCUT2D eigenvalue weighted by Gasteiger charge is 2.45. The maximum absolute atomic E-state index is 9.22. The zero-order valence-electron chi connectivity index (χ0n) is 30.4. The molecule has 10 atom stereocenters. The summed E-state index contributed by atoms with van der Waals surface area (Å²) >= 11 is 0. The third kappa shape index (κ3) is 9.89. The Bertz CT molecular complexity index is 1110. The van der Waals surface area contributed by atoms with Crippen LogP contribution in [0.3, 0.4) is 0 Å². The van der Waals surface area contributed by atoms with Crippen LogP contribution in [0.1, 0.15) is 98.5 Å². The standard InChI is InChI=1S/C40H66O5Si/c1-27(26-42-46(9,10)40(6,7)8)21-37-31(5)35(24-32-15-12-11-13-16-32)39(45-37)25-38-30(4)28(2)22-34(44-38)18-19-36-29(3)23-33(43-36)17-14-20-41/h11-13,15-16,27-28,31,33-39,41H,3-4,14,17-26H2,1-2,5-10H3/t27-,28+,31+,33-,34-,35+,36-,37+,38+,39-/m0/s1. The molecule has 260 valence electrons. The molecule has 1 N–H and O–H groups in total. The molecule has 0 spiro atoms. The van der Waals surface area contributed by atoms with Crippen molar-refractivity contribution in [2.75, 3.05) is 13.2 Å². The molecule has 0 unspecified atom stereocenters. The van der Waals surface area contributed by atoms with Crippen LogP contribution in [0.5, 0.6) is 0 Å². The first-order valence-electron chi connectivity index (χ1n) is 18.3. The van der Waals surface area contributed by atoms with Crippen LogP contribution >= 0.6 is 0 Å². The normalized spacial score (nSPS) is 33.1. The fourth-order valence-electron chi connectivity index (χ4n) is 7.54. The summed E-state index contributed by atoms with van der Waals surface area (Å²) in [6, 6.07) is 10.9. The van der Waals surface area contributed by atoms with Gasteiger partial charge in [0.15, 0.2) is 8.32 Å². The molecule has 3 aliphatic heterocycles. The molecular weight excluding hydrogens is 589 g/mol. The van der Waals surface area contributed by atoms with Gasteiger partial charge in [-0.1, -0.05) is 85.0 Å². The number of aliphatic hydroxyl groups is 1. The van der Waals surface area contributed by atoms with Gasteiger partial charge in [-0.3, -0.25) is 0 Å². The summed E-state index contributed by atoms with van der Waals surface area (Å²) in [4.78, 5) is 0. The lowest BCUT2D eigenvalue weighted by Crippen LogP contribution is -2.42. The molecule has 0 bridgehead atoms. The number of hydrogen-bond donors (Lipinski definition) is 1. The summed E-state index contributed by atoms with van der Waals surface area (Å²) in [7, 11) is -1.79. The lowest BCUT2D eigenvalue weighted by molar-refractivity contribution is -0.0747. The number of rotatable bonds is 15. The average molecular weight is 655 g/mol. The zero-order valence-corrected chi connectivity index (χ0v) is 31.4. The van der Waals surface area contributed by atoms with Crippen LogP contribution in [0.15, 0.2) is 54.6 Å². The van der Waals surface area contributed by atoms with Crippen LogP contribution in [-0.4, -0.2) is 63.3 Å². The Kier molecular flexibility index (Phi) is 13.4. The van der Waals surface area contributed by atoms with Gasteiger partial charge in [0.2, 0.25) is 0 Å². The third-order valence-corrected chi connectivity index (χ3v) is 16.3. The van der Waals surface area contributed by atoms with Crippen molar-refractivity contribution in [2.45, 2.75) is 154 Å². The highest BCUT2D eigenvalue weighted by molar-refractivity contribution is 6.74. The Morgan fingerprint density at radius 1 is 0.957 bits per heavy atom. The predicted molar refractivity (Wildman–Crippen MR) is 193 cm³/mol. The van der Waals surface area contributed by atoms with E-state index in [4.69, 9.17) is 18.6 Å². The first kappa shape index (κ1) is 37.5. The van der Waals surface area contributed by atoms with E-state index >= 15 is 0 Å². The van der Waals surface area contributed by atoms with E-state index in [1.54, 1.807) is 0 Å². The molecule has 6 heteroatoms. The van der Waals surface area contributed by atoms with E-state index < -0.39 is 8.32 Å². The maximum Gasteiger partial charge on any atom is 0.191 e. The van der Waals surface area contributed by atoms with Crippen molar-refractivity contribution >= 4 is 8.32 Å². The van der Waals surface area contributed by atoms with Gasteiger partial charge in [-0.2, -0.15) is 0 Å². The van der Waals surface area contributed by atoms with E-state index in [2.05, 4.69) is 98.1 Å². The maximum atomic E-state index is 9.22. The molecule has 3 heterocycles. The molecule has 3 saturated heterocycles. The molecule has 3 aliphatic rings. The Hall–Kier alpha value is -1.28. The molecular formula is C40H66O5Si. The van der Waals surface area contributed by atoms with E-state index in [0.717, 1.165) is 64.4 Å². The fraction of sp³-hybridized carbons (Fsp3) is 0.750. The Morgan fingerprint density at radius 2 is 1.65 bits per heavy atom. The van der Waals surface area contributed by atoms with Gasteiger partial charge in [0, 0.05) is 19.6 Å². The topological polar surface area (TPSA) is 57.2 Å². The third-order valence-electron chi connectivity index (χ3n) is 11.8. The molecule has 3 fully saturated rings. The van der Waals surface area contributed by atoms with Gasteiger partial charge in [0.05, 0.1) is 36.6 Å². The van der Waals surface area contributed by atoms with Crippen molar-refractivity contribution in [1.82, 2.24) is 0 Å². The van der Waals surface area contributed by atoms with E-state index in [1.165, 1.54) is 16.7 Å². The summed E-state index contributed by atoms with van der Waals surface area (Å²) in [5.41, 5.74) is 3.79. The van der Waals surface area contributed by atoms with Crippen LogP contribution in [0.2, 0.25) is 18.1 Å². The smallest absolute Gasteiger partial charge is 0.191 e. The second-order valence-electron chi connectivity index (χ2n) is 16.6. The first-order chi connectivity index (χ1) is 21.7. The van der Waals surface area contributed by atoms with E-state index in [9.17, 15) is 5.11 Å². The monoisotopic (exact) mass is 654 g/mol. The predicted octanol–water partition coefficient (Wildman–Crippen LogP) is 9.30. The minimum atomic E-state index is -1.79. The molecule has 0 radical (unpaired) electrons. The minimum absolute atomic E-state index is 0.00677. The van der Waals surface area contributed by atoms with Gasteiger partial charge in [0.1, 0.15) is 0 Å². The summed E-state index contributed by atoms with van der Waals surface area (Å²) < 4.78 is 26.8. The van der Waals surface area contributed by atoms with Gasteiger partial charge in [-0.15, -0.1) is 0 Å². The lowest BCUT2D eigenvalue weighted by Gasteiger charge is -2.38. The summed E-state index contributed by atoms with van der Waals surface area (Å²) in [6.07, 6.45) is 9.26.